The van der Waals surface area contributed by atoms with Crippen LogP contribution in [0.4, 0.5) is 0 Å². The zero-order valence-electron chi connectivity index (χ0n) is 13.1. The summed E-state index contributed by atoms with van der Waals surface area (Å²) in [6.45, 7) is 0.179. The van der Waals surface area contributed by atoms with E-state index in [9.17, 15) is 4.79 Å². The van der Waals surface area contributed by atoms with Gasteiger partial charge in [-0.1, -0.05) is 5.16 Å². The molecule has 0 aliphatic carbocycles. The van der Waals surface area contributed by atoms with E-state index in [0.29, 0.717) is 34.3 Å². The molecule has 124 valence electrons. The molecule has 0 fully saturated rings. The fraction of sp³-hybridized carbons (Fsp3) is 0.176. The SMILES string of the molecule is COC(=O)c1ccc(OCc2cc(-c3ccco3)on2)c(OC)c1. The number of esters is 1. The summed E-state index contributed by atoms with van der Waals surface area (Å²) in [4.78, 5) is 11.5. The topological polar surface area (TPSA) is 83.9 Å². The van der Waals surface area contributed by atoms with E-state index in [-0.39, 0.29) is 6.61 Å². The fourth-order valence-electron chi connectivity index (χ4n) is 2.10. The van der Waals surface area contributed by atoms with Crippen LogP contribution in [-0.2, 0) is 11.3 Å². The molecule has 24 heavy (non-hydrogen) atoms. The van der Waals surface area contributed by atoms with Crippen LogP contribution >= 0.6 is 0 Å². The molecule has 2 heterocycles. The predicted octanol–water partition coefficient (Wildman–Crippen LogP) is 3.31. The van der Waals surface area contributed by atoms with Crippen LogP contribution < -0.4 is 9.47 Å². The van der Waals surface area contributed by atoms with Gasteiger partial charge in [0, 0.05) is 6.07 Å². The maximum Gasteiger partial charge on any atom is 0.337 e. The molecular weight excluding hydrogens is 314 g/mol. The average molecular weight is 329 g/mol. The number of carbonyl (C=O) groups is 1. The van der Waals surface area contributed by atoms with E-state index in [0.717, 1.165) is 0 Å². The number of carbonyl (C=O) groups excluding carboxylic acids is 1. The lowest BCUT2D eigenvalue weighted by Gasteiger charge is -2.10. The summed E-state index contributed by atoms with van der Waals surface area (Å²) in [6, 6.07) is 10.1. The van der Waals surface area contributed by atoms with E-state index in [4.69, 9.17) is 18.4 Å². The third-order valence-electron chi connectivity index (χ3n) is 3.28. The Morgan fingerprint density at radius 1 is 1.12 bits per heavy atom. The fourth-order valence-corrected chi connectivity index (χ4v) is 2.10. The molecule has 0 spiro atoms. The van der Waals surface area contributed by atoms with Crippen molar-refractivity contribution in [3.8, 4) is 23.0 Å². The monoisotopic (exact) mass is 329 g/mol. The van der Waals surface area contributed by atoms with Crippen molar-refractivity contribution in [3.05, 3.63) is 53.9 Å². The number of hydrogen-bond acceptors (Lipinski definition) is 7. The van der Waals surface area contributed by atoms with Crippen LogP contribution in [0.25, 0.3) is 11.5 Å². The quantitative estimate of drug-likeness (QED) is 0.641. The molecule has 0 N–H and O–H groups in total. The molecular formula is C17H15NO6. The Morgan fingerprint density at radius 2 is 2.00 bits per heavy atom. The Bertz CT molecular complexity index is 821. The van der Waals surface area contributed by atoms with Gasteiger partial charge in [-0.05, 0) is 30.3 Å². The molecule has 0 unspecified atom stereocenters. The van der Waals surface area contributed by atoms with Gasteiger partial charge >= 0.3 is 5.97 Å². The van der Waals surface area contributed by atoms with Crippen LogP contribution in [0.2, 0.25) is 0 Å². The third kappa shape index (κ3) is 3.24. The van der Waals surface area contributed by atoms with Crippen LogP contribution in [0, 0.1) is 0 Å². The minimum Gasteiger partial charge on any atom is -0.493 e. The average Bonchev–Trinajstić information content (AvgIpc) is 3.30. The number of ether oxygens (including phenoxy) is 3. The summed E-state index contributed by atoms with van der Waals surface area (Å²) in [5.74, 6) is 1.57. The molecule has 0 saturated heterocycles. The van der Waals surface area contributed by atoms with Crippen molar-refractivity contribution >= 4 is 5.97 Å². The summed E-state index contributed by atoms with van der Waals surface area (Å²) >= 11 is 0. The van der Waals surface area contributed by atoms with Gasteiger partial charge < -0.3 is 23.2 Å². The Kier molecular flexibility index (Phi) is 4.51. The number of furan rings is 1. The Labute approximate surface area is 137 Å². The van der Waals surface area contributed by atoms with Gasteiger partial charge in [-0.25, -0.2) is 4.79 Å². The number of methoxy groups -OCH3 is 2. The predicted molar refractivity (Wildman–Crippen MR) is 82.9 cm³/mol. The maximum absolute atomic E-state index is 11.5. The number of benzene rings is 1. The largest absolute Gasteiger partial charge is 0.493 e. The standard InChI is InChI=1S/C17H15NO6/c1-20-15-8-11(17(19)21-2)5-6-14(15)23-10-12-9-16(24-18-12)13-4-3-7-22-13/h3-9H,10H2,1-2H3. The van der Waals surface area contributed by atoms with Gasteiger partial charge in [-0.15, -0.1) is 0 Å². The van der Waals surface area contributed by atoms with E-state index >= 15 is 0 Å². The lowest BCUT2D eigenvalue weighted by molar-refractivity contribution is 0.0600. The van der Waals surface area contributed by atoms with Crippen molar-refractivity contribution in [3.63, 3.8) is 0 Å². The number of nitrogens with zero attached hydrogens (tertiary/aromatic N) is 1. The molecule has 1 aromatic carbocycles. The lowest BCUT2D eigenvalue weighted by atomic mass is 10.2. The Morgan fingerprint density at radius 3 is 2.71 bits per heavy atom. The number of aromatic nitrogens is 1. The zero-order chi connectivity index (χ0) is 16.9. The maximum atomic E-state index is 11.5. The molecule has 0 aliphatic heterocycles. The molecule has 0 aliphatic rings. The van der Waals surface area contributed by atoms with Crippen LogP contribution in [0.15, 0.2) is 51.6 Å². The second-order valence-electron chi connectivity index (χ2n) is 4.81. The highest BCUT2D eigenvalue weighted by molar-refractivity contribution is 5.90. The molecule has 0 bridgehead atoms. The first-order valence-corrected chi connectivity index (χ1v) is 7.10. The molecule has 0 atom stereocenters. The van der Waals surface area contributed by atoms with Crippen molar-refractivity contribution in [2.45, 2.75) is 6.61 Å². The molecule has 3 rings (SSSR count). The summed E-state index contributed by atoms with van der Waals surface area (Å²) in [6.07, 6.45) is 1.56. The van der Waals surface area contributed by atoms with E-state index in [1.807, 2.05) is 0 Å². The summed E-state index contributed by atoms with van der Waals surface area (Å²) in [5.41, 5.74) is 0.976. The lowest BCUT2D eigenvalue weighted by Crippen LogP contribution is -2.03. The van der Waals surface area contributed by atoms with Crippen molar-refractivity contribution in [2.24, 2.45) is 0 Å². The summed E-state index contributed by atoms with van der Waals surface area (Å²) < 4.78 is 26.0. The van der Waals surface area contributed by atoms with Crippen LogP contribution in [-0.4, -0.2) is 25.3 Å². The zero-order valence-corrected chi connectivity index (χ0v) is 13.1. The summed E-state index contributed by atoms with van der Waals surface area (Å²) in [7, 11) is 2.81. The van der Waals surface area contributed by atoms with E-state index in [1.165, 1.54) is 14.2 Å². The minimum absolute atomic E-state index is 0.179. The summed E-state index contributed by atoms with van der Waals surface area (Å²) in [5, 5.41) is 3.93. The first kappa shape index (κ1) is 15.7. The molecule has 0 saturated carbocycles. The molecule has 0 radical (unpaired) electrons. The van der Waals surface area contributed by atoms with Gasteiger partial charge in [0.25, 0.3) is 0 Å². The molecule has 0 amide bonds. The molecule has 7 heteroatoms. The van der Waals surface area contributed by atoms with E-state index in [2.05, 4.69) is 9.89 Å². The first-order chi connectivity index (χ1) is 11.7. The Hall–Kier alpha value is -3.22. The van der Waals surface area contributed by atoms with Gasteiger partial charge in [-0.2, -0.15) is 0 Å². The van der Waals surface area contributed by atoms with Gasteiger partial charge in [0.1, 0.15) is 12.3 Å². The minimum atomic E-state index is -0.445. The normalized spacial score (nSPS) is 10.4. The van der Waals surface area contributed by atoms with E-state index in [1.54, 1.807) is 42.7 Å². The smallest absolute Gasteiger partial charge is 0.337 e. The van der Waals surface area contributed by atoms with Crippen LogP contribution in [0.1, 0.15) is 16.1 Å². The van der Waals surface area contributed by atoms with Crippen LogP contribution in [0.3, 0.4) is 0 Å². The first-order valence-electron chi connectivity index (χ1n) is 7.10. The van der Waals surface area contributed by atoms with Crippen molar-refractivity contribution < 1.29 is 27.9 Å². The van der Waals surface area contributed by atoms with Gasteiger partial charge in [-0.3, -0.25) is 0 Å². The van der Waals surface area contributed by atoms with Crippen molar-refractivity contribution in [1.29, 1.82) is 0 Å². The highest BCUT2D eigenvalue weighted by Gasteiger charge is 2.13. The highest BCUT2D eigenvalue weighted by atomic mass is 16.5. The van der Waals surface area contributed by atoms with Gasteiger partial charge in [0.2, 0.25) is 5.76 Å². The molecule has 2 aromatic heterocycles. The van der Waals surface area contributed by atoms with Crippen LogP contribution in [0.5, 0.6) is 11.5 Å². The Balaban J connectivity index is 1.71. The van der Waals surface area contributed by atoms with E-state index < -0.39 is 5.97 Å². The van der Waals surface area contributed by atoms with Crippen molar-refractivity contribution in [2.75, 3.05) is 14.2 Å². The number of rotatable bonds is 6. The third-order valence-corrected chi connectivity index (χ3v) is 3.28. The second-order valence-corrected chi connectivity index (χ2v) is 4.81. The number of hydrogen-bond donors (Lipinski definition) is 0. The highest BCUT2D eigenvalue weighted by Crippen LogP contribution is 2.29. The van der Waals surface area contributed by atoms with Crippen molar-refractivity contribution in [1.82, 2.24) is 5.16 Å². The van der Waals surface area contributed by atoms with Gasteiger partial charge in [0.15, 0.2) is 17.3 Å². The van der Waals surface area contributed by atoms with Gasteiger partial charge in [0.05, 0.1) is 26.0 Å². The molecule has 3 aromatic rings. The molecule has 7 nitrogen and oxygen atoms in total. The second kappa shape index (κ2) is 6.91.